The van der Waals surface area contributed by atoms with Crippen LogP contribution >= 0.6 is 0 Å². The van der Waals surface area contributed by atoms with Crippen LogP contribution in [0.25, 0.3) is 0 Å². The summed E-state index contributed by atoms with van der Waals surface area (Å²) >= 11 is 0. The van der Waals surface area contributed by atoms with Gasteiger partial charge in [0.15, 0.2) is 0 Å². The summed E-state index contributed by atoms with van der Waals surface area (Å²) in [6, 6.07) is 0. The zero-order chi connectivity index (χ0) is 9.52. The molecule has 0 aromatic carbocycles. The first kappa shape index (κ1) is 11.1. The highest BCUT2D eigenvalue weighted by molar-refractivity contribution is 4.76. The molecule has 13 heavy (non-hydrogen) atoms. The van der Waals surface area contributed by atoms with Crippen LogP contribution in [0.4, 0.5) is 0 Å². The molecule has 76 valence electrons. The highest BCUT2D eigenvalue weighted by Gasteiger charge is 2.20. The molecule has 0 nitrogen and oxygen atoms in total. The normalized spacial score (nSPS) is 20.8. The summed E-state index contributed by atoms with van der Waals surface area (Å²) in [5.74, 6) is 1.70. The van der Waals surface area contributed by atoms with Gasteiger partial charge >= 0.3 is 0 Å². The van der Waals surface area contributed by atoms with E-state index < -0.39 is 0 Å². The Morgan fingerprint density at radius 1 is 1.08 bits per heavy atom. The number of unbranched alkanes of at least 4 members (excludes halogenated alkanes) is 3. The van der Waals surface area contributed by atoms with Gasteiger partial charge in [0.1, 0.15) is 0 Å². The predicted octanol–water partition coefficient (Wildman–Crippen LogP) is 4.41. The molecule has 1 fully saturated rings. The molecule has 0 N–H and O–H groups in total. The van der Waals surface area contributed by atoms with Crippen molar-refractivity contribution in [1.29, 1.82) is 0 Å². The monoisotopic (exact) mass is 180 g/mol. The predicted molar refractivity (Wildman–Crippen MR) is 59.2 cm³/mol. The number of hydrogen-bond donors (Lipinski definition) is 0. The van der Waals surface area contributed by atoms with Gasteiger partial charge < -0.3 is 0 Å². The second-order valence-corrected chi connectivity index (χ2v) is 4.51. The SMILES string of the molecule is [CH2]CCCCCC([CH2])C1CCCC1. The molecule has 0 bridgehead atoms. The Kier molecular flexibility index (Phi) is 5.50. The van der Waals surface area contributed by atoms with Gasteiger partial charge in [-0.2, -0.15) is 0 Å². The molecule has 1 unspecified atom stereocenters. The van der Waals surface area contributed by atoms with Crippen molar-refractivity contribution in [3.63, 3.8) is 0 Å². The van der Waals surface area contributed by atoms with Crippen molar-refractivity contribution in [2.75, 3.05) is 0 Å². The van der Waals surface area contributed by atoms with Crippen LogP contribution in [0.15, 0.2) is 0 Å². The Morgan fingerprint density at radius 3 is 2.38 bits per heavy atom. The Hall–Kier alpha value is 0. The molecule has 0 heteroatoms. The lowest BCUT2D eigenvalue weighted by atomic mass is 9.88. The molecule has 0 spiro atoms. The summed E-state index contributed by atoms with van der Waals surface area (Å²) < 4.78 is 0. The molecule has 1 saturated carbocycles. The maximum absolute atomic E-state index is 4.30. The molecule has 2 radical (unpaired) electrons. The Bertz CT molecular complexity index is 111. The lowest BCUT2D eigenvalue weighted by Gasteiger charge is -2.18. The number of hydrogen-bond acceptors (Lipinski definition) is 0. The van der Waals surface area contributed by atoms with Crippen LogP contribution in [-0.4, -0.2) is 0 Å². The van der Waals surface area contributed by atoms with E-state index in [0.717, 1.165) is 18.3 Å². The highest BCUT2D eigenvalue weighted by Crippen LogP contribution is 2.33. The van der Waals surface area contributed by atoms with E-state index in [2.05, 4.69) is 13.8 Å². The molecular formula is C13H24. The molecule has 1 aliphatic carbocycles. The molecule has 0 amide bonds. The molecule has 0 aromatic rings. The van der Waals surface area contributed by atoms with Crippen molar-refractivity contribution in [3.05, 3.63) is 13.8 Å². The van der Waals surface area contributed by atoms with Gasteiger partial charge in [-0.15, -0.1) is 0 Å². The lowest BCUT2D eigenvalue weighted by Crippen LogP contribution is -2.07. The van der Waals surface area contributed by atoms with E-state index in [4.69, 9.17) is 0 Å². The van der Waals surface area contributed by atoms with E-state index in [-0.39, 0.29) is 0 Å². The minimum Gasteiger partial charge on any atom is -0.0533 e. The van der Waals surface area contributed by atoms with Crippen molar-refractivity contribution in [1.82, 2.24) is 0 Å². The smallest absolute Gasteiger partial charge is 0.0386 e. The van der Waals surface area contributed by atoms with Gasteiger partial charge in [-0.05, 0) is 18.8 Å². The largest absolute Gasteiger partial charge is 0.0533 e. The van der Waals surface area contributed by atoms with Crippen molar-refractivity contribution in [3.8, 4) is 0 Å². The lowest BCUT2D eigenvalue weighted by molar-refractivity contribution is 0.367. The number of rotatable bonds is 6. The Balaban J connectivity index is 1.99. The molecule has 0 aliphatic heterocycles. The van der Waals surface area contributed by atoms with E-state index in [1.807, 2.05) is 0 Å². The maximum atomic E-state index is 4.30. The van der Waals surface area contributed by atoms with Gasteiger partial charge in [0, 0.05) is 0 Å². The van der Waals surface area contributed by atoms with Crippen molar-refractivity contribution < 1.29 is 0 Å². The summed E-state index contributed by atoms with van der Waals surface area (Å²) in [6.07, 6.45) is 12.3. The van der Waals surface area contributed by atoms with Crippen LogP contribution in [0.5, 0.6) is 0 Å². The third kappa shape index (κ3) is 4.15. The minimum absolute atomic E-state index is 0.743. The van der Waals surface area contributed by atoms with E-state index in [9.17, 15) is 0 Å². The van der Waals surface area contributed by atoms with Crippen LogP contribution in [-0.2, 0) is 0 Å². The summed E-state index contributed by atoms with van der Waals surface area (Å²) in [4.78, 5) is 0. The Morgan fingerprint density at radius 2 is 1.77 bits per heavy atom. The highest BCUT2D eigenvalue weighted by atomic mass is 14.3. The topological polar surface area (TPSA) is 0 Å². The second-order valence-electron chi connectivity index (χ2n) is 4.51. The van der Waals surface area contributed by atoms with Crippen molar-refractivity contribution >= 4 is 0 Å². The quantitative estimate of drug-likeness (QED) is 0.531. The van der Waals surface area contributed by atoms with Crippen molar-refractivity contribution in [2.45, 2.75) is 57.8 Å². The van der Waals surface area contributed by atoms with Gasteiger partial charge in [0.25, 0.3) is 0 Å². The minimum atomic E-state index is 0.743. The van der Waals surface area contributed by atoms with Gasteiger partial charge in [0.2, 0.25) is 0 Å². The third-order valence-corrected chi connectivity index (χ3v) is 3.39. The fraction of sp³-hybridized carbons (Fsp3) is 0.846. The summed E-state index contributed by atoms with van der Waals surface area (Å²) in [7, 11) is 0. The zero-order valence-corrected chi connectivity index (χ0v) is 8.93. The fourth-order valence-electron chi connectivity index (χ4n) is 2.42. The molecule has 0 saturated heterocycles. The third-order valence-electron chi connectivity index (χ3n) is 3.39. The van der Waals surface area contributed by atoms with E-state index >= 15 is 0 Å². The van der Waals surface area contributed by atoms with Gasteiger partial charge in [-0.25, -0.2) is 0 Å². The van der Waals surface area contributed by atoms with Crippen LogP contribution in [0, 0.1) is 25.7 Å². The first-order chi connectivity index (χ1) is 6.34. The van der Waals surface area contributed by atoms with Gasteiger partial charge in [0.05, 0.1) is 0 Å². The first-order valence-corrected chi connectivity index (χ1v) is 5.97. The Labute approximate surface area is 84.1 Å². The van der Waals surface area contributed by atoms with Gasteiger partial charge in [-0.1, -0.05) is 64.7 Å². The summed E-state index contributed by atoms with van der Waals surface area (Å²) in [6.45, 7) is 8.17. The van der Waals surface area contributed by atoms with Crippen molar-refractivity contribution in [2.24, 2.45) is 11.8 Å². The summed E-state index contributed by atoms with van der Waals surface area (Å²) in [5, 5.41) is 0. The molecule has 1 atom stereocenters. The van der Waals surface area contributed by atoms with Crippen LogP contribution in [0.1, 0.15) is 57.8 Å². The van der Waals surface area contributed by atoms with Gasteiger partial charge in [-0.3, -0.25) is 0 Å². The van der Waals surface area contributed by atoms with E-state index in [1.54, 1.807) is 0 Å². The fourth-order valence-corrected chi connectivity index (χ4v) is 2.42. The first-order valence-electron chi connectivity index (χ1n) is 5.97. The summed E-state index contributed by atoms with van der Waals surface area (Å²) in [5.41, 5.74) is 0. The molecular weight excluding hydrogens is 156 g/mol. The molecule has 1 aliphatic rings. The molecule has 0 aromatic heterocycles. The average Bonchev–Trinajstić information content (AvgIpc) is 2.65. The van der Waals surface area contributed by atoms with Crippen LogP contribution < -0.4 is 0 Å². The van der Waals surface area contributed by atoms with E-state index in [0.29, 0.717) is 0 Å². The zero-order valence-electron chi connectivity index (χ0n) is 8.93. The second kappa shape index (κ2) is 6.45. The standard InChI is InChI=1S/C13H24/c1-3-4-5-6-9-12(2)13-10-7-8-11-13/h12-13H,1-11H2. The van der Waals surface area contributed by atoms with Crippen LogP contribution in [0.3, 0.4) is 0 Å². The van der Waals surface area contributed by atoms with E-state index in [1.165, 1.54) is 51.4 Å². The maximum Gasteiger partial charge on any atom is -0.0386 e. The average molecular weight is 180 g/mol. The van der Waals surface area contributed by atoms with Crippen LogP contribution in [0.2, 0.25) is 0 Å². The molecule has 1 rings (SSSR count). The molecule has 0 heterocycles.